The molecule has 0 radical (unpaired) electrons. The number of amides is 2. The minimum Gasteiger partial charge on any atom is -0.273 e. The fourth-order valence-corrected chi connectivity index (χ4v) is 3.33. The summed E-state index contributed by atoms with van der Waals surface area (Å²) < 4.78 is 1.81. The fourth-order valence-electron chi connectivity index (χ4n) is 3.33. The second-order valence-electron chi connectivity index (χ2n) is 6.85. The van der Waals surface area contributed by atoms with Crippen LogP contribution >= 0.6 is 0 Å². The molecule has 2 heterocycles. The average molecular weight is 370 g/mol. The van der Waals surface area contributed by atoms with E-state index in [1.165, 1.54) is 0 Å². The standard InChI is InChI=1S/C19H26N6O2/c1-12-15(13(2)25(3)24-12)9-10-18(26)22-23-19(27)17-11-16(20-21-17)14-7-5-4-6-8-14/h4-8,16-17,20-21H,9-11H2,1-3H3,(H,22,26)(H,23,27). The molecule has 1 fully saturated rings. The first-order chi connectivity index (χ1) is 13.0. The Bertz CT molecular complexity index is 817. The summed E-state index contributed by atoms with van der Waals surface area (Å²) in [4.78, 5) is 24.3. The highest BCUT2D eigenvalue weighted by atomic mass is 16.2. The summed E-state index contributed by atoms with van der Waals surface area (Å²) in [5.41, 5.74) is 15.3. The second-order valence-corrected chi connectivity index (χ2v) is 6.85. The molecule has 144 valence electrons. The van der Waals surface area contributed by atoms with Crippen LogP contribution in [0.3, 0.4) is 0 Å². The maximum Gasteiger partial charge on any atom is 0.256 e. The van der Waals surface area contributed by atoms with Crippen LogP contribution in [0, 0.1) is 13.8 Å². The predicted molar refractivity (Wildman–Crippen MR) is 101 cm³/mol. The molecule has 4 N–H and O–H groups in total. The molecule has 0 bridgehead atoms. The Morgan fingerprint density at radius 1 is 1.19 bits per heavy atom. The van der Waals surface area contributed by atoms with Crippen LogP contribution in [0.1, 0.15) is 41.4 Å². The highest BCUT2D eigenvalue weighted by Gasteiger charge is 2.30. The summed E-state index contributed by atoms with van der Waals surface area (Å²) in [5, 5.41) is 4.35. The molecule has 1 aliphatic rings. The Labute approximate surface area is 158 Å². The Hall–Kier alpha value is -2.71. The topological polar surface area (TPSA) is 100 Å². The van der Waals surface area contributed by atoms with Gasteiger partial charge in [0, 0.05) is 25.2 Å². The Morgan fingerprint density at radius 3 is 2.59 bits per heavy atom. The number of aromatic nitrogens is 2. The van der Waals surface area contributed by atoms with E-state index in [-0.39, 0.29) is 24.3 Å². The van der Waals surface area contributed by atoms with Gasteiger partial charge in [0.1, 0.15) is 6.04 Å². The van der Waals surface area contributed by atoms with E-state index in [1.807, 2.05) is 55.9 Å². The molecule has 2 atom stereocenters. The second kappa shape index (κ2) is 8.32. The summed E-state index contributed by atoms with van der Waals surface area (Å²) in [7, 11) is 1.89. The number of rotatable bonds is 5. The van der Waals surface area contributed by atoms with E-state index in [9.17, 15) is 9.59 Å². The van der Waals surface area contributed by atoms with Crippen molar-refractivity contribution in [3.05, 3.63) is 52.8 Å². The smallest absolute Gasteiger partial charge is 0.256 e. The number of benzene rings is 1. The third-order valence-electron chi connectivity index (χ3n) is 5.01. The van der Waals surface area contributed by atoms with Crippen molar-refractivity contribution in [1.29, 1.82) is 0 Å². The number of carbonyl (C=O) groups excluding carboxylic acids is 2. The third kappa shape index (κ3) is 4.53. The number of hydrogen-bond donors (Lipinski definition) is 4. The van der Waals surface area contributed by atoms with Gasteiger partial charge in [-0.3, -0.25) is 25.1 Å². The monoisotopic (exact) mass is 370 g/mol. The first-order valence-electron chi connectivity index (χ1n) is 9.09. The summed E-state index contributed by atoms with van der Waals surface area (Å²) in [5.74, 6) is -0.486. The summed E-state index contributed by atoms with van der Waals surface area (Å²) in [6.45, 7) is 3.92. The van der Waals surface area contributed by atoms with E-state index in [2.05, 4.69) is 26.8 Å². The molecule has 1 aliphatic heterocycles. The predicted octanol–water partition coefficient (Wildman–Crippen LogP) is 0.725. The molecule has 27 heavy (non-hydrogen) atoms. The zero-order valence-corrected chi connectivity index (χ0v) is 15.9. The largest absolute Gasteiger partial charge is 0.273 e. The summed E-state index contributed by atoms with van der Waals surface area (Å²) >= 11 is 0. The zero-order chi connectivity index (χ0) is 19.4. The Balaban J connectivity index is 1.43. The summed E-state index contributed by atoms with van der Waals surface area (Å²) in [6, 6.07) is 9.59. The van der Waals surface area contributed by atoms with E-state index < -0.39 is 6.04 Å². The number of nitrogens with one attached hydrogen (secondary N) is 4. The van der Waals surface area contributed by atoms with Crippen molar-refractivity contribution in [3.63, 3.8) is 0 Å². The molecule has 1 saturated heterocycles. The van der Waals surface area contributed by atoms with Crippen molar-refractivity contribution in [2.24, 2.45) is 7.05 Å². The van der Waals surface area contributed by atoms with E-state index in [0.29, 0.717) is 12.8 Å². The number of hydrazine groups is 2. The number of aryl methyl sites for hydroxylation is 2. The zero-order valence-electron chi connectivity index (χ0n) is 15.9. The Kier molecular flexibility index (Phi) is 5.88. The first-order valence-corrected chi connectivity index (χ1v) is 9.09. The molecule has 1 aromatic carbocycles. The first kappa shape index (κ1) is 19.1. The minimum atomic E-state index is -0.404. The van der Waals surface area contributed by atoms with Crippen molar-refractivity contribution in [3.8, 4) is 0 Å². The van der Waals surface area contributed by atoms with Gasteiger partial charge in [-0.1, -0.05) is 30.3 Å². The highest BCUT2D eigenvalue weighted by Crippen LogP contribution is 2.21. The van der Waals surface area contributed by atoms with Crippen molar-refractivity contribution in [2.45, 2.75) is 45.2 Å². The van der Waals surface area contributed by atoms with Crippen molar-refractivity contribution in [1.82, 2.24) is 31.5 Å². The molecule has 8 heteroatoms. The van der Waals surface area contributed by atoms with Crippen LogP contribution in [0.4, 0.5) is 0 Å². The van der Waals surface area contributed by atoms with Crippen LogP contribution in [-0.2, 0) is 23.1 Å². The maximum absolute atomic E-state index is 12.3. The SMILES string of the molecule is Cc1nn(C)c(C)c1CCC(=O)NNC(=O)C1CC(c2ccccc2)NN1. The number of nitrogens with zero attached hydrogens (tertiary/aromatic N) is 2. The van der Waals surface area contributed by atoms with E-state index >= 15 is 0 Å². The highest BCUT2D eigenvalue weighted by molar-refractivity contribution is 5.85. The maximum atomic E-state index is 12.3. The molecule has 0 spiro atoms. The lowest BCUT2D eigenvalue weighted by Gasteiger charge is -2.12. The van der Waals surface area contributed by atoms with Gasteiger partial charge in [-0.15, -0.1) is 0 Å². The lowest BCUT2D eigenvalue weighted by molar-refractivity contribution is -0.129. The molecule has 3 rings (SSSR count). The van der Waals surface area contributed by atoms with Crippen LogP contribution in [0.25, 0.3) is 0 Å². The molecule has 2 aromatic rings. The van der Waals surface area contributed by atoms with Gasteiger partial charge < -0.3 is 0 Å². The lowest BCUT2D eigenvalue weighted by atomic mass is 10.0. The number of carbonyl (C=O) groups is 2. The summed E-state index contributed by atoms with van der Waals surface area (Å²) in [6.07, 6.45) is 1.49. The van der Waals surface area contributed by atoms with Gasteiger partial charge in [0.25, 0.3) is 5.91 Å². The van der Waals surface area contributed by atoms with Crippen LogP contribution < -0.4 is 21.7 Å². The minimum absolute atomic E-state index is 0.0641. The van der Waals surface area contributed by atoms with E-state index in [1.54, 1.807) is 0 Å². The average Bonchev–Trinajstić information content (AvgIpc) is 3.25. The van der Waals surface area contributed by atoms with Gasteiger partial charge in [0.05, 0.1) is 5.69 Å². The van der Waals surface area contributed by atoms with Crippen LogP contribution in [0.5, 0.6) is 0 Å². The molecule has 2 unspecified atom stereocenters. The van der Waals surface area contributed by atoms with Gasteiger partial charge in [-0.2, -0.15) is 5.10 Å². The van der Waals surface area contributed by atoms with Crippen LogP contribution in [-0.4, -0.2) is 27.6 Å². The molecule has 2 amide bonds. The van der Waals surface area contributed by atoms with Crippen LogP contribution in [0.15, 0.2) is 30.3 Å². The van der Waals surface area contributed by atoms with Gasteiger partial charge in [-0.05, 0) is 37.8 Å². The normalized spacial score (nSPS) is 19.1. The van der Waals surface area contributed by atoms with Gasteiger partial charge in [-0.25, -0.2) is 10.9 Å². The van der Waals surface area contributed by atoms with E-state index in [0.717, 1.165) is 22.5 Å². The molecule has 8 nitrogen and oxygen atoms in total. The fraction of sp³-hybridized carbons (Fsp3) is 0.421. The van der Waals surface area contributed by atoms with Gasteiger partial charge in [0.2, 0.25) is 5.91 Å². The molecular weight excluding hydrogens is 344 g/mol. The quantitative estimate of drug-likeness (QED) is 0.582. The Morgan fingerprint density at radius 2 is 1.93 bits per heavy atom. The molecule has 0 saturated carbocycles. The van der Waals surface area contributed by atoms with Crippen molar-refractivity contribution < 1.29 is 9.59 Å². The molecule has 1 aromatic heterocycles. The van der Waals surface area contributed by atoms with E-state index in [4.69, 9.17) is 0 Å². The molecule has 0 aliphatic carbocycles. The lowest BCUT2D eigenvalue weighted by Crippen LogP contribution is -2.50. The van der Waals surface area contributed by atoms with Gasteiger partial charge in [0.15, 0.2) is 0 Å². The van der Waals surface area contributed by atoms with Crippen molar-refractivity contribution >= 4 is 11.8 Å². The van der Waals surface area contributed by atoms with Crippen LogP contribution in [0.2, 0.25) is 0 Å². The van der Waals surface area contributed by atoms with Gasteiger partial charge >= 0.3 is 0 Å². The third-order valence-corrected chi connectivity index (χ3v) is 5.01. The number of hydrogen-bond acceptors (Lipinski definition) is 5. The molecular formula is C19H26N6O2. The van der Waals surface area contributed by atoms with Crippen molar-refractivity contribution in [2.75, 3.05) is 0 Å².